The predicted octanol–water partition coefficient (Wildman–Crippen LogP) is 3.03. The van der Waals surface area contributed by atoms with Crippen molar-refractivity contribution in [2.24, 2.45) is 0 Å². The standard InChI is InChI=1S/C14H18F3NO4S2/c1-21-11-4-3-10(9-12(11)22-2)13-18(6-7-23-13)24(19,20)8-5-14(15,16)17/h3-4,9,13H,5-8H2,1-2H3. The van der Waals surface area contributed by atoms with Gasteiger partial charge in [0.25, 0.3) is 0 Å². The van der Waals surface area contributed by atoms with Crippen molar-refractivity contribution in [3.8, 4) is 11.5 Å². The summed E-state index contributed by atoms with van der Waals surface area (Å²) in [5, 5.41) is -0.567. The van der Waals surface area contributed by atoms with E-state index in [9.17, 15) is 21.6 Å². The molecule has 0 bridgehead atoms. The van der Waals surface area contributed by atoms with Gasteiger partial charge in [-0.05, 0) is 17.7 Å². The van der Waals surface area contributed by atoms with E-state index in [-0.39, 0.29) is 6.54 Å². The van der Waals surface area contributed by atoms with Gasteiger partial charge in [0.2, 0.25) is 10.0 Å². The van der Waals surface area contributed by atoms with E-state index in [1.165, 1.54) is 26.0 Å². The maximum Gasteiger partial charge on any atom is 0.390 e. The monoisotopic (exact) mass is 385 g/mol. The molecule has 1 heterocycles. The van der Waals surface area contributed by atoms with Gasteiger partial charge in [0, 0.05) is 12.3 Å². The summed E-state index contributed by atoms with van der Waals surface area (Å²) in [6.07, 6.45) is -5.85. The summed E-state index contributed by atoms with van der Waals surface area (Å²) < 4.78 is 73.1. The number of alkyl halides is 3. The van der Waals surface area contributed by atoms with Crippen molar-refractivity contribution in [1.82, 2.24) is 4.31 Å². The van der Waals surface area contributed by atoms with Crippen LogP contribution in [0.3, 0.4) is 0 Å². The fourth-order valence-corrected chi connectivity index (χ4v) is 5.70. The Hall–Kier alpha value is -1.13. The quantitative estimate of drug-likeness (QED) is 0.753. The highest BCUT2D eigenvalue weighted by Gasteiger charge is 2.38. The van der Waals surface area contributed by atoms with Crippen LogP contribution in [0.2, 0.25) is 0 Å². The second-order valence-electron chi connectivity index (χ2n) is 5.13. The predicted molar refractivity (Wildman–Crippen MR) is 85.9 cm³/mol. The van der Waals surface area contributed by atoms with Crippen LogP contribution >= 0.6 is 11.8 Å². The van der Waals surface area contributed by atoms with Gasteiger partial charge < -0.3 is 9.47 Å². The average Bonchev–Trinajstić information content (AvgIpc) is 3.02. The Kier molecular flexibility index (Phi) is 5.92. The molecular weight excluding hydrogens is 367 g/mol. The molecule has 0 amide bonds. The van der Waals surface area contributed by atoms with Crippen LogP contribution in [0.25, 0.3) is 0 Å². The number of thioether (sulfide) groups is 1. The van der Waals surface area contributed by atoms with E-state index in [0.717, 1.165) is 4.31 Å². The van der Waals surface area contributed by atoms with Gasteiger partial charge in [-0.2, -0.15) is 17.5 Å². The van der Waals surface area contributed by atoms with Gasteiger partial charge in [-0.3, -0.25) is 0 Å². The third kappa shape index (κ3) is 4.48. The summed E-state index contributed by atoms with van der Waals surface area (Å²) >= 11 is 1.37. The molecule has 1 unspecified atom stereocenters. The number of hydrogen-bond donors (Lipinski definition) is 0. The lowest BCUT2D eigenvalue weighted by Crippen LogP contribution is -2.34. The Balaban J connectivity index is 2.24. The first kappa shape index (κ1) is 19.2. The zero-order valence-electron chi connectivity index (χ0n) is 13.2. The minimum absolute atomic E-state index is 0.184. The Labute approximate surface area is 143 Å². The van der Waals surface area contributed by atoms with Crippen molar-refractivity contribution in [3.05, 3.63) is 23.8 Å². The largest absolute Gasteiger partial charge is 0.493 e. The topological polar surface area (TPSA) is 55.8 Å². The third-order valence-electron chi connectivity index (χ3n) is 3.54. The van der Waals surface area contributed by atoms with E-state index >= 15 is 0 Å². The van der Waals surface area contributed by atoms with Gasteiger partial charge in [0.05, 0.1) is 31.8 Å². The molecule has 1 atom stereocenters. The van der Waals surface area contributed by atoms with E-state index in [4.69, 9.17) is 9.47 Å². The average molecular weight is 385 g/mol. The Bertz CT molecular complexity index is 679. The molecule has 1 aromatic carbocycles. The summed E-state index contributed by atoms with van der Waals surface area (Å²) in [5.74, 6) is 0.510. The van der Waals surface area contributed by atoms with Crippen molar-refractivity contribution in [2.45, 2.75) is 18.0 Å². The maximum atomic E-state index is 12.4. The Morgan fingerprint density at radius 3 is 2.50 bits per heavy atom. The van der Waals surface area contributed by atoms with Crippen molar-refractivity contribution in [1.29, 1.82) is 0 Å². The Morgan fingerprint density at radius 1 is 1.25 bits per heavy atom. The molecule has 1 aliphatic rings. The maximum absolute atomic E-state index is 12.4. The van der Waals surface area contributed by atoms with E-state index < -0.39 is 33.7 Å². The smallest absolute Gasteiger partial charge is 0.390 e. The van der Waals surface area contributed by atoms with Crippen LogP contribution < -0.4 is 9.47 Å². The van der Waals surface area contributed by atoms with E-state index in [1.807, 2.05) is 0 Å². The summed E-state index contributed by atoms with van der Waals surface area (Å²) in [7, 11) is -1.06. The number of nitrogens with zero attached hydrogens (tertiary/aromatic N) is 1. The van der Waals surface area contributed by atoms with E-state index in [0.29, 0.717) is 22.8 Å². The number of rotatable bonds is 6. The molecule has 0 aromatic heterocycles. The third-order valence-corrected chi connectivity index (χ3v) is 6.76. The number of benzene rings is 1. The molecule has 1 aromatic rings. The highest BCUT2D eigenvalue weighted by atomic mass is 32.2. The lowest BCUT2D eigenvalue weighted by Gasteiger charge is -2.24. The minimum atomic E-state index is -4.50. The van der Waals surface area contributed by atoms with Gasteiger partial charge >= 0.3 is 6.18 Å². The Morgan fingerprint density at radius 2 is 1.92 bits per heavy atom. The molecule has 10 heteroatoms. The summed E-state index contributed by atoms with van der Waals surface area (Å²) in [5.41, 5.74) is 0.644. The van der Waals surface area contributed by atoms with Crippen LogP contribution in [-0.2, 0) is 10.0 Å². The van der Waals surface area contributed by atoms with Crippen LogP contribution in [0.15, 0.2) is 18.2 Å². The highest BCUT2D eigenvalue weighted by Crippen LogP contribution is 2.42. The highest BCUT2D eigenvalue weighted by molar-refractivity contribution is 8.00. The fraction of sp³-hybridized carbons (Fsp3) is 0.571. The minimum Gasteiger partial charge on any atom is -0.493 e. The number of methoxy groups -OCH3 is 2. The number of sulfonamides is 1. The molecule has 0 spiro atoms. The molecule has 0 N–H and O–H groups in total. The molecule has 0 radical (unpaired) electrons. The van der Waals surface area contributed by atoms with Gasteiger partial charge in [0.1, 0.15) is 0 Å². The molecule has 1 fully saturated rings. The summed E-state index contributed by atoms with van der Waals surface area (Å²) in [4.78, 5) is 0. The molecule has 1 aliphatic heterocycles. The summed E-state index contributed by atoms with van der Waals surface area (Å²) in [6.45, 7) is 0.184. The molecule has 136 valence electrons. The lowest BCUT2D eigenvalue weighted by molar-refractivity contribution is -0.130. The van der Waals surface area contributed by atoms with Crippen LogP contribution in [0.4, 0.5) is 13.2 Å². The second-order valence-corrected chi connectivity index (χ2v) is 8.36. The van der Waals surface area contributed by atoms with Gasteiger partial charge in [-0.15, -0.1) is 11.8 Å². The first-order valence-electron chi connectivity index (χ1n) is 7.08. The van der Waals surface area contributed by atoms with Crippen LogP contribution in [0.1, 0.15) is 17.4 Å². The normalized spacial score (nSPS) is 19.5. The number of hydrogen-bond acceptors (Lipinski definition) is 5. The molecule has 1 saturated heterocycles. The molecule has 0 aliphatic carbocycles. The molecule has 24 heavy (non-hydrogen) atoms. The first-order valence-corrected chi connectivity index (χ1v) is 9.73. The SMILES string of the molecule is COc1ccc(C2SCCN2S(=O)(=O)CCC(F)(F)F)cc1OC. The van der Waals surface area contributed by atoms with Crippen molar-refractivity contribution in [3.63, 3.8) is 0 Å². The van der Waals surface area contributed by atoms with E-state index in [2.05, 4.69) is 0 Å². The zero-order chi connectivity index (χ0) is 18.0. The number of ether oxygens (including phenoxy) is 2. The molecular formula is C14H18F3NO4S2. The molecule has 0 saturated carbocycles. The molecule has 5 nitrogen and oxygen atoms in total. The van der Waals surface area contributed by atoms with E-state index in [1.54, 1.807) is 18.2 Å². The fourth-order valence-electron chi connectivity index (χ4n) is 2.37. The van der Waals surface area contributed by atoms with Gasteiger partial charge in [-0.25, -0.2) is 8.42 Å². The lowest BCUT2D eigenvalue weighted by atomic mass is 10.2. The van der Waals surface area contributed by atoms with Crippen LogP contribution in [0, 0.1) is 0 Å². The molecule has 2 rings (SSSR count). The summed E-state index contributed by atoms with van der Waals surface area (Å²) in [6, 6.07) is 4.98. The van der Waals surface area contributed by atoms with Crippen molar-refractivity contribution >= 4 is 21.8 Å². The first-order chi connectivity index (χ1) is 11.2. The second kappa shape index (κ2) is 7.40. The van der Waals surface area contributed by atoms with Gasteiger partial charge in [-0.1, -0.05) is 6.07 Å². The van der Waals surface area contributed by atoms with Crippen LogP contribution in [0.5, 0.6) is 11.5 Å². The van der Waals surface area contributed by atoms with Gasteiger partial charge in [0.15, 0.2) is 11.5 Å². The van der Waals surface area contributed by atoms with Crippen molar-refractivity contribution in [2.75, 3.05) is 32.3 Å². The zero-order valence-corrected chi connectivity index (χ0v) is 14.8. The number of halogens is 3. The van der Waals surface area contributed by atoms with Crippen LogP contribution in [-0.4, -0.2) is 51.2 Å². The van der Waals surface area contributed by atoms with Crippen molar-refractivity contribution < 1.29 is 31.1 Å².